The summed E-state index contributed by atoms with van der Waals surface area (Å²) in [5.41, 5.74) is 0.326. The third kappa shape index (κ3) is 2.04. The molecular formula is C12H15FO2S. The van der Waals surface area contributed by atoms with Crippen LogP contribution in [0.4, 0.5) is 4.39 Å². The van der Waals surface area contributed by atoms with Gasteiger partial charge in [0, 0.05) is 4.90 Å². The lowest BCUT2D eigenvalue weighted by Crippen LogP contribution is -2.33. The zero-order valence-corrected chi connectivity index (χ0v) is 10.2. The molecule has 0 N–H and O–H groups in total. The number of alkyl halides is 1. The molecule has 88 valence electrons. The Morgan fingerprint density at radius 2 is 2.06 bits per heavy atom. The van der Waals surface area contributed by atoms with E-state index in [1.807, 2.05) is 31.2 Å². The highest BCUT2D eigenvalue weighted by molar-refractivity contribution is 7.85. The summed E-state index contributed by atoms with van der Waals surface area (Å²) in [6, 6.07) is 7.48. The SMILES string of the molecule is Cc1ccc(S(=O)[C@@H](C)[C@]2(CF)CO2)cc1. The highest BCUT2D eigenvalue weighted by atomic mass is 32.2. The van der Waals surface area contributed by atoms with Gasteiger partial charge in [0.25, 0.3) is 0 Å². The fraction of sp³-hybridized carbons (Fsp3) is 0.500. The maximum absolute atomic E-state index is 12.8. The molecule has 1 aliphatic heterocycles. The molecule has 1 unspecified atom stereocenters. The minimum atomic E-state index is -1.21. The van der Waals surface area contributed by atoms with E-state index >= 15 is 0 Å². The summed E-state index contributed by atoms with van der Waals surface area (Å²) in [4.78, 5) is 0.737. The summed E-state index contributed by atoms with van der Waals surface area (Å²) in [5, 5.41) is -0.305. The first-order valence-electron chi connectivity index (χ1n) is 5.26. The molecule has 0 bridgehead atoms. The molecule has 1 aliphatic rings. The van der Waals surface area contributed by atoms with E-state index in [-0.39, 0.29) is 5.25 Å². The quantitative estimate of drug-likeness (QED) is 0.758. The van der Waals surface area contributed by atoms with E-state index in [4.69, 9.17) is 4.74 Å². The minimum absolute atomic E-state index is 0.305. The van der Waals surface area contributed by atoms with Gasteiger partial charge in [-0.2, -0.15) is 0 Å². The third-order valence-electron chi connectivity index (χ3n) is 3.06. The molecule has 0 saturated carbocycles. The van der Waals surface area contributed by atoms with Crippen LogP contribution in [0.1, 0.15) is 12.5 Å². The normalized spacial score (nSPS) is 27.4. The highest BCUT2D eigenvalue weighted by Gasteiger charge is 2.52. The van der Waals surface area contributed by atoms with Crippen molar-refractivity contribution in [2.75, 3.05) is 13.3 Å². The fourth-order valence-electron chi connectivity index (χ4n) is 1.58. The lowest BCUT2D eigenvalue weighted by molar-refractivity contribution is 0.244. The number of halogens is 1. The Balaban J connectivity index is 2.16. The third-order valence-corrected chi connectivity index (χ3v) is 4.87. The summed E-state index contributed by atoms with van der Waals surface area (Å²) in [6.45, 7) is 3.57. The van der Waals surface area contributed by atoms with Crippen molar-refractivity contribution in [1.82, 2.24) is 0 Å². The average Bonchev–Trinajstić information content (AvgIpc) is 3.09. The highest BCUT2D eigenvalue weighted by Crippen LogP contribution is 2.35. The molecule has 4 heteroatoms. The van der Waals surface area contributed by atoms with Crippen LogP contribution in [-0.2, 0) is 15.5 Å². The molecule has 0 radical (unpaired) electrons. The van der Waals surface area contributed by atoms with Crippen LogP contribution < -0.4 is 0 Å². The summed E-state index contributed by atoms with van der Waals surface area (Å²) in [6.07, 6.45) is 0. The van der Waals surface area contributed by atoms with Gasteiger partial charge in [0.05, 0.1) is 22.7 Å². The monoisotopic (exact) mass is 242 g/mol. The van der Waals surface area contributed by atoms with Crippen LogP contribution in [0.25, 0.3) is 0 Å². The topological polar surface area (TPSA) is 29.6 Å². The maximum atomic E-state index is 12.8. The van der Waals surface area contributed by atoms with Gasteiger partial charge < -0.3 is 4.74 Å². The van der Waals surface area contributed by atoms with Crippen LogP contribution in [0, 0.1) is 6.92 Å². The molecular weight excluding hydrogens is 227 g/mol. The summed E-state index contributed by atoms with van der Waals surface area (Å²) in [7, 11) is -1.21. The van der Waals surface area contributed by atoms with E-state index in [1.54, 1.807) is 6.92 Å². The number of benzene rings is 1. The van der Waals surface area contributed by atoms with Gasteiger partial charge in [-0.15, -0.1) is 0 Å². The van der Waals surface area contributed by atoms with Gasteiger partial charge in [-0.05, 0) is 26.0 Å². The van der Waals surface area contributed by atoms with Gasteiger partial charge in [0.1, 0.15) is 12.3 Å². The first kappa shape index (κ1) is 11.7. The van der Waals surface area contributed by atoms with E-state index in [1.165, 1.54) is 0 Å². The van der Waals surface area contributed by atoms with Crippen LogP contribution >= 0.6 is 0 Å². The Morgan fingerprint density at radius 1 is 1.50 bits per heavy atom. The molecule has 2 nitrogen and oxygen atoms in total. The molecule has 0 aliphatic carbocycles. The molecule has 1 fully saturated rings. The van der Waals surface area contributed by atoms with E-state index in [0.717, 1.165) is 10.5 Å². The molecule has 1 saturated heterocycles. The predicted octanol–water partition coefficient (Wildman–Crippen LogP) is 2.23. The van der Waals surface area contributed by atoms with Crippen molar-refractivity contribution in [3.63, 3.8) is 0 Å². The first-order valence-corrected chi connectivity index (χ1v) is 6.47. The van der Waals surface area contributed by atoms with E-state index in [0.29, 0.717) is 6.61 Å². The lowest BCUT2D eigenvalue weighted by atomic mass is 10.1. The van der Waals surface area contributed by atoms with Crippen LogP contribution in [0.15, 0.2) is 29.2 Å². The van der Waals surface area contributed by atoms with Gasteiger partial charge in [0.15, 0.2) is 0 Å². The zero-order chi connectivity index (χ0) is 11.8. The molecule has 16 heavy (non-hydrogen) atoms. The number of hydrogen-bond donors (Lipinski definition) is 0. The van der Waals surface area contributed by atoms with Gasteiger partial charge >= 0.3 is 0 Å². The molecule has 1 heterocycles. The van der Waals surface area contributed by atoms with Crippen molar-refractivity contribution in [2.24, 2.45) is 0 Å². The van der Waals surface area contributed by atoms with Crippen molar-refractivity contribution in [3.8, 4) is 0 Å². The van der Waals surface area contributed by atoms with Gasteiger partial charge in [-0.3, -0.25) is 4.21 Å². The molecule has 0 aromatic heterocycles. The van der Waals surface area contributed by atoms with Gasteiger partial charge in [0.2, 0.25) is 0 Å². The average molecular weight is 242 g/mol. The van der Waals surface area contributed by atoms with Crippen LogP contribution in [0.3, 0.4) is 0 Å². The maximum Gasteiger partial charge on any atom is 0.134 e. The van der Waals surface area contributed by atoms with Crippen LogP contribution in [-0.4, -0.2) is 28.3 Å². The Morgan fingerprint density at radius 3 is 2.50 bits per heavy atom. The fourth-order valence-corrected chi connectivity index (χ4v) is 2.99. The Hall–Kier alpha value is -0.740. The molecule has 3 atom stereocenters. The number of hydrogen-bond acceptors (Lipinski definition) is 2. The summed E-state index contributed by atoms with van der Waals surface area (Å²) >= 11 is 0. The Kier molecular flexibility index (Phi) is 3.13. The van der Waals surface area contributed by atoms with Crippen molar-refractivity contribution in [3.05, 3.63) is 29.8 Å². The lowest BCUT2D eigenvalue weighted by Gasteiger charge is -2.16. The molecule has 0 spiro atoms. The van der Waals surface area contributed by atoms with Crippen molar-refractivity contribution >= 4 is 10.8 Å². The number of ether oxygens (including phenoxy) is 1. The second-order valence-electron chi connectivity index (χ2n) is 4.24. The minimum Gasteiger partial charge on any atom is -0.365 e. The second kappa shape index (κ2) is 4.26. The smallest absolute Gasteiger partial charge is 0.134 e. The van der Waals surface area contributed by atoms with Gasteiger partial charge in [-0.25, -0.2) is 4.39 Å². The van der Waals surface area contributed by atoms with Crippen molar-refractivity contribution in [2.45, 2.75) is 29.6 Å². The number of rotatable bonds is 4. The molecule has 2 rings (SSSR count). The molecule has 1 aromatic carbocycles. The van der Waals surface area contributed by atoms with Crippen molar-refractivity contribution < 1.29 is 13.3 Å². The summed E-state index contributed by atoms with van der Waals surface area (Å²) in [5.74, 6) is 0. The van der Waals surface area contributed by atoms with E-state index in [9.17, 15) is 8.60 Å². The van der Waals surface area contributed by atoms with Crippen LogP contribution in [0.2, 0.25) is 0 Å². The van der Waals surface area contributed by atoms with Gasteiger partial charge in [-0.1, -0.05) is 17.7 Å². The van der Waals surface area contributed by atoms with Crippen LogP contribution in [0.5, 0.6) is 0 Å². The molecule has 1 aromatic rings. The molecule has 0 amide bonds. The Bertz CT molecular complexity index is 398. The number of epoxide rings is 1. The predicted molar refractivity (Wildman–Crippen MR) is 61.7 cm³/mol. The first-order chi connectivity index (χ1) is 7.59. The second-order valence-corrected chi connectivity index (χ2v) is 6.01. The largest absolute Gasteiger partial charge is 0.365 e. The van der Waals surface area contributed by atoms with Crippen molar-refractivity contribution in [1.29, 1.82) is 0 Å². The zero-order valence-electron chi connectivity index (χ0n) is 9.40. The van der Waals surface area contributed by atoms with E-state index in [2.05, 4.69) is 0 Å². The summed E-state index contributed by atoms with van der Waals surface area (Å²) < 4.78 is 30.0. The standard InChI is InChI=1S/C12H15FO2S/c1-9-3-5-11(6-4-9)16(14)10(2)12(7-13)8-15-12/h3-6,10H,7-8H2,1-2H3/t10-,12-,16?/m0/s1. The number of aryl methyl sites for hydroxylation is 1. The van der Waals surface area contributed by atoms with E-state index < -0.39 is 23.1 Å². The Labute approximate surface area is 97.3 Å².